The molecular weight excluding hydrogens is 381 g/mol. The van der Waals surface area contributed by atoms with Gasteiger partial charge >= 0.3 is 6.18 Å². The van der Waals surface area contributed by atoms with Crippen LogP contribution in [0.25, 0.3) is 6.08 Å². The number of anilines is 1. The number of nitrogens with one attached hydrogen (secondary N) is 1. The first-order valence-corrected chi connectivity index (χ1v) is 9.13. The normalized spacial score (nSPS) is 12.5. The topological polar surface area (TPSA) is 66.5 Å². The molecule has 0 fully saturated rings. The van der Waals surface area contributed by atoms with Crippen LogP contribution in [0.15, 0.2) is 59.5 Å². The van der Waals surface area contributed by atoms with Gasteiger partial charge in [0.1, 0.15) is 0 Å². The summed E-state index contributed by atoms with van der Waals surface area (Å²) in [6.07, 6.45) is -2.10. The number of amides is 1. The van der Waals surface area contributed by atoms with Crippen molar-refractivity contribution in [2.45, 2.75) is 11.1 Å². The molecule has 0 aromatic heterocycles. The molecule has 2 rings (SSSR count). The van der Waals surface area contributed by atoms with Crippen molar-refractivity contribution in [2.24, 2.45) is 0 Å². The Morgan fingerprint density at radius 3 is 2.26 bits per heavy atom. The van der Waals surface area contributed by atoms with E-state index in [0.717, 1.165) is 22.5 Å². The fraction of sp³-hybridized carbons (Fsp3) is 0.167. The molecule has 1 N–H and O–H groups in total. The number of sulfonamides is 1. The molecule has 0 radical (unpaired) electrons. The first-order chi connectivity index (χ1) is 12.5. The summed E-state index contributed by atoms with van der Waals surface area (Å²) in [5, 5.41) is 2.51. The molecule has 1 amide bonds. The number of rotatable bonds is 5. The van der Waals surface area contributed by atoms with Gasteiger partial charge < -0.3 is 5.32 Å². The van der Waals surface area contributed by atoms with Crippen molar-refractivity contribution in [1.82, 2.24) is 4.31 Å². The van der Waals surface area contributed by atoms with Crippen molar-refractivity contribution < 1.29 is 26.4 Å². The maximum atomic E-state index is 12.7. The Morgan fingerprint density at radius 2 is 1.70 bits per heavy atom. The van der Waals surface area contributed by atoms with E-state index >= 15 is 0 Å². The average Bonchev–Trinajstić information content (AvgIpc) is 2.60. The summed E-state index contributed by atoms with van der Waals surface area (Å²) in [6.45, 7) is 0. The molecule has 0 spiro atoms. The Balaban J connectivity index is 2.07. The molecule has 0 aliphatic heterocycles. The number of nitrogens with zero attached hydrogens (tertiary/aromatic N) is 1. The van der Waals surface area contributed by atoms with E-state index in [2.05, 4.69) is 5.32 Å². The number of carbonyl (C=O) groups is 1. The van der Waals surface area contributed by atoms with Crippen LogP contribution in [0.1, 0.15) is 11.1 Å². The predicted molar refractivity (Wildman–Crippen MR) is 96.4 cm³/mol. The van der Waals surface area contributed by atoms with Crippen LogP contribution in [0.4, 0.5) is 18.9 Å². The van der Waals surface area contributed by atoms with E-state index < -0.39 is 27.7 Å². The summed E-state index contributed by atoms with van der Waals surface area (Å²) < 4.78 is 63.0. The van der Waals surface area contributed by atoms with Gasteiger partial charge in [-0.2, -0.15) is 13.2 Å². The molecule has 144 valence electrons. The minimum Gasteiger partial charge on any atom is -0.323 e. The largest absolute Gasteiger partial charge is 0.416 e. The molecule has 0 aliphatic carbocycles. The van der Waals surface area contributed by atoms with Gasteiger partial charge in [-0.1, -0.05) is 12.1 Å². The van der Waals surface area contributed by atoms with Crippen LogP contribution in [-0.4, -0.2) is 32.7 Å². The fourth-order valence-electron chi connectivity index (χ4n) is 2.10. The van der Waals surface area contributed by atoms with Crippen LogP contribution in [-0.2, 0) is 21.0 Å². The van der Waals surface area contributed by atoms with Gasteiger partial charge in [0.05, 0.1) is 10.5 Å². The number of carbonyl (C=O) groups excluding carboxylic acids is 1. The highest BCUT2D eigenvalue weighted by atomic mass is 32.2. The van der Waals surface area contributed by atoms with Crippen LogP contribution in [0.3, 0.4) is 0 Å². The second-order valence-electron chi connectivity index (χ2n) is 5.76. The van der Waals surface area contributed by atoms with E-state index in [1.807, 2.05) is 0 Å². The van der Waals surface area contributed by atoms with Crippen LogP contribution in [0, 0.1) is 0 Å². The second-order valence-corrected chi connectivity index (χ2v) is 7.91. The Hall–Kier alpha value is -2.65. The molecule has 2 aromatic rings. The number of hydrogen-bond donors (Lipinski definition) is 1. The smallest absolute Gasteiger partial charge is 0.323 e. The molecule has 0 aliphatic rings. The van der Waals surface area contributed by atoms with Crippen LogP contribution in [0.5, 0.6) is 0 Å². The first-order valence-electron chi connectivity index (χ1n) is 7.69. The molecule has 9 heteroatoms. The minimum atomic E-state index is -4.46. The van der Waals surface area contributed by atoms with Crippen molar-refractivity contribution >= 4 is 27.7 Å². The van der Waals surface area contributed by atoms with Gasteiger partial charge in [0, 0.05) is 25.9 Å². The summed E-state index contributed by atoms with van der Waals surface area (Å²) in [4.78, 5) is 12.0. The van der Waals surface area contributed by atoms with Crippen LogP contribution < -0.4 is 5.32 Å². The van der Waals surface area contributed by atoms with Gasteiger partial charge in [0.15, 0.2) is 0 Å². The zero-order valence-electron chi connectivity index (χ0n) is 14.5. The van der Waals surface area contributed by atoms with Gasteiger partial charge in [-0.05, 0) is 48.0 Å². The Labute approximate surface area is 155 Å². The summed E-state index contributed by atoms with van der Waals surface area (Å²) in [6, 6.07) is 10.1. The highest BCUT2D eigenvalue weighted by molar-refractivity contribution is 7.89. The molecule has 0 saturated heterocycles. The van der Waals surface area contributed by atoms with Crippen LogP contribution >= 0.6 is 0 Å². The monoisotopic (exact) mass is 398 g/mol. The second kappa shape index (κ2) is 7.93. The standard InChI is InChI=1S/C18H17F3N2O3S/c1-23(2)27(25,26)16-9-7-15(8-10-16)22-17(24)11-6-13-4-3-5-14(12-13)18(19,20)21/h3-12H,1-2H3,(H,22,24). The van der Waals surface area contributed by atoms with E-state index in [0.29, 0.717) is 5.69 Å². The highest BCUT2D eigenvalue weighted by Crippen LogP contribution is 2.29. The van der Waals surface area contributed by atoms with E-state index in [9.17, 15) is 26.4 Å². The van der Waals surface area contributed by atoms with Crippen molar-refractivity contribution in [1.29, 1.82) is 0 Å². The molecule has 27 heavy (non-hydrogen) atoms. The van der Waals surface area contributed by atoms with Gasteiger partial charge in [0.25, 0.3) is 0 Å². The number of benzene rings is 2. The van der Waals surface area contributed by atoms with Gasteiger partial charge in [-0.3, -0.25) is 4.79 Å². The Morgan fingerprint density at radius 1 is 1.07 bits per heavy atom. The van der Waals surface area contributed by atoms with Crippen molar-refractivity contribution in [3.8, 4) is 0 Å². The molecule has 0 bridgehead atoms. The minimum absolute atomic E-state index is 0.0741. The maximum absolute atomic E-state index is 12.7. The Bertz CT molecular complexity index is 951. The third kappa shape index (κ3) is 5.41. The molecule has 0 saturated carbocycles. The number of halogens is 3. The summed E-state index contributed by atoms with van der Waals surface area (Å²) in [7, 11) is -0.757. The van der Waals surface area contributed by atoms with Crippen LogP contribution in [0.2, 0.25) is 0 Å². The number of hydrogen-bond acceptors (Lipinski definition) is 3. The number of alkyl halides is 3. The van der Waals surface area contributed by atoms with Crippen molar-refractivity contribution in [3.63, 3.8) is 0 Å². The zero-order chi connectivity index (χ0) is 20.2. The SMILES string of the molecule is CN(C)S(=O)(=O)c1ccc(NC(=O)C=Cc2cccc(C(F)(F)F)c2)cc1. The molecular formula is C18H17F3N2O3S. The summed E-state index contributed by atoms with van der Waals surface area (Å²) >= 11 is 0. The van der Waals surface area contributed by atoms with E-state index in [1.165, 1.54) is 56.6 Å². The van der Waals surface area contributed by atoms with E-state index in [1.54, 1.807) is 0 Å². The first kappa shape index (κ1) is 20.7. The molecule has 0 atom stereocenters. The summed E-state index contributed by atoms with van der Waals surface area (Å²) in [5.74, 6) is -0.560. The lowest BCUT2D eigenvalue weighted by molar-refractivity contribution is -0.137. The van der Waals surface area contributed by atoms with Crippen molar-refractivity contribution in [2.75, 3.05) is 19.4 Å². The quantitative estimate of drug-likeness (QED) is 0.783. The molecule has 0 unspecified atom stereocenters. The fourth-order valence-corrected chi connectivity index (χ4v) is 3.00. The van der Waals surface area contributed by atoms with Gasteiger partial charge in [-0.25, -0.2) is 12.7 Å². The van der Waals surface area contributed by atoms with Gasteiger partial charge in [-0.15, -0.1) is 0 Å². The van der Waals surface area contributed by atoms with Crippen molar-refractivity contribution in [3.05, 3.63) is 65.7 Å². The lowest BCUT2D eigenvalue weighted by atomic mass is 10.1. The summed E-state index contributed by atoms with van der Waals surface area (Å²) in [5.41, 5.74) is -0.221. The molecule has 2 aromatic carbocycles. The third-order valence-corrected chi connectivity index (χ3v) is 5.37. The lowest BCUT2D eigenvalue weighted by Crippen LogP contribution is -2.22. The molecule has 5 nitrogen and oxygen atoms in total. The maximum Gasteiger partial charge on any atom is 0.416 e. The van der Waals surface area contributed by atoms with E-state index in [-0.39, 0.29) is 10.5 Å². The average molecular weight is 398 g/mol. The zero-order valence-corrected chi connectivity index (χ0v) is 15.3. The highest BCUT2D eigenvalue weighted by Gasteiger charge is 2.30. The van der Waals surface area contributed by atoms with E-state index in [4.69, 9.17) is 0 Å². The molecule has 0 heterocycles. The predicted octanol–water partition coefficient (Wildman–Crippen LogP) is 3.61. The lowest BCUT2D eigenvalue weighted by Gasteiger charge is -2.11. The third-order valence-electron chi connectivity index (χ3n) is 3.54. The Kier molecular flexibility index (Phi) is 6.07. The van der Waals surface area contributed by atoms with Gasteiger partial charge in [0.2, 0.25) is 15.9 Å².